The Morgan fingerprint density at radius 1 is 1.17 bits per heavy atom. The van der Waals surface area contributed by atoms with Gasteiger partial charge in [0.05, 0.1) is 11.8 Å². The normalized spacial score (nSPS) is 12.6. The van der Waals surface area contributed by atoms with E-state index in [0.717, 1.165) is 12.2 Å². The number of aromatic nitrogens is 1. The highest BCUT2D eigenvalue weighted by Crippen LogP contribution is 2.20. The second-order valence-corrected chi connectivity index (χ2v) is 5.11. The van der Waals surface area contributed by atoms with Crippen molar-refractivity contribution in [2.24, 2.45) is 0 Å². The van der Waals surface area contributed by atoms with Gasteiger partial charge in [-0.05, 0) is 36.4 Å². The van der Waals surface area contributed by atoms with Crippen LogP contribution >= 0.6 is 0 Å². The highest BCUT2D eigenvalue weighted by Gasteiger charge is 2.14. The van der Waals surface area contributed by atoms with Gasteiger partial charge in [0.15, 0.2) is 0 Å². The first-order chi connectivity index (χ1) is 11.1. The maximum atomic E-state index is 12.1. The number of nitrogens with zero attached hydrogens (tertiary/aromatic N) is 2. The van der Waals surface area contributed by atoms with Crippen LogP contribution in [0.3, 0.4) is 0 Å². The second-order valence-electron chi connectivity index (χ2n) is 5.11. The van der Waals surface area contributed by atoms with Gasteiger partial charge in [0.25, 0.3) is 0 Å². The summed E-state index contributed by atoms with van der Waals surface area (Å²) in [6.45, 7) is 0.998. The van der Waals surface area contributed by atoms with Crippen LogP contribution in [0.15, 0.2) is 48.7 Å². The van der Waals surface area contributed by atoms with Crippen LogP contribution in [-0.2, 0) is 6.54 Å². The highest BCUT2D eigenvalue weighted by atomic mass is 19.3. The molecular formula is C17H20F2N2O2. The van der Waals surface area contributed by atoms with Crippen molar-refractivity contribution in [3.05, 3.63) is 59.9 Å². The van der Waals surface area contributed by atoms with Crippen molar-refractivity contribution in [2.75, 3.05) is 13.1 Å². The molecule has 4 nitrogen and oxygen atoms in total. The Labute approximate surface area is 134 Å². The molecule has 1 unspecified atom stereocenters. The van der Waals surface area contributed by atoms with Gasteiger partial charge in [0, 0.05) is 19.3 Å². The van der Waals surface area contributed by atoms with Crippen molar-refractivity contribution in [2.45, 2.75) is 26.2 Å². The summed E-state index contributed by atoms with van der Waals surface area (Å²) in [7, 11) is 0. The molecule has 2 aromatic rings. The first-order valence-electron chi connectivity index (χ1n) is 7.43. The minimum absolute atomic E-state index is 0.0804. The Hall–Kier alpha value is -2.05. The Kier molecular flexibility index (Phi) is 6.43. The Morgan fingerprint density at radius 2 is 1.91 bits per heavy atom. The minimum Gasteiger partial charge on any atom is -0.435 e. The number of rotatable bonds is 8. The van der Waals surface area contributed by atoms with Crippen LogP contribution in [0.5, 0.6) is 5.75 Å². The van der Waals surface area contributed by atoms with Crippen LogP contribution < -0.4 is 4.74 Å². The fourth-order valence-electron chi connectivity index (χ4n) is 2.25. The third-order valence-corrected chi connectivity index (χ3v) is 3.48. The zero-order valence-electron chi connectivity index (χ0n) is 12.9. The van der Waals surface area contributed by atoms with Gasteiger partial charge >= 0.3 is 6.61 Å². The topological polar surface area (TPSA) is 45.6 Å². The van der Waals surface area contributed by atoms with E-state index < -0.39 is 12.7 Å². The van der Waals surface area contributed by atoms with Gasteiger partial charge in [-0.3, -0.25) is 9.88 Å². The predicted octanol–water partition coefficient (Wildman–Crippen LogP) is 3.24. The standard InChI is InChI=1S/C17H20F2N2O2/c1-2-21(11-14-5-3-4-10-20-14)12-16(22)13-6-8-15(9-7-13)23-17(18)19/h3-10,16-17,22H,2,11-12H2,1H3. The molecule has 0 amide bonds. The Balaban J connectivity index is 1.94. The van der Waals surface area contributed by atoms with Crippen LogP contribution in [0.25, 0.3) is 0 Å². The van der Waals surface area contributed by atoms with Crippen LogP contribution in [-0.4, -0.2) is 34.7 Å². The van der Waals surface area contributed by atoms with Crippen molar-refractivity contribution in [3.63, 3.8) is 0 Å². The smallest absolute Gasteiger partial charge is 0.387 e. The lowest BCUT2D eigenvalue weighted by Crippen LogP contribution is -2.28. The number of alkyl halides is 2. The van der Waals surface area contributed by atoms with Crippen LogP contribution in [0.1, 0.15) is 24.3 Å². The number of pyridine rings is 1. The van der Waals surface area contributed by atoms with Crippen LogP contribution in [0.2, 0.25) is 0 Å². The average molecular weight is 322 g/mol. The number of likely N-dealkylation sites (N-methyl/N-ethyl adjacent to an activating group) is 1. The van der Waals surface area contributed by atoms with Crippen molar-refractivity contribution in [3.8, 4) is 5.75 Å². The third kappa shape index (κ3) is 5.58. The lowest BCUT2D eigenvalue weighted by atomic mass is 10.1. The zero-order valence-corrected chi connectivity index (χ0v) is 12.9. The molecule has 6 heteroatoms. The molecule has 1 N–H and O–H groups in total. The third-order valence-electron chi connectivity index (χ3n) is 3.48. The molecule has 0 saturated heterocycles. The lowest BCUT2D eigenvalue weighted by Gasteiger charge is -2.23. The van der Waals surface area contributed by atoms with E-state index in [4.69, 9.17) is 0 Å². The highest BCUT2D eigenvalue weighted by molar-refractivity contribution is 5.28. The molecule has 1 aromatic carbocycles. The molecule has 0 bridgehead atoms. The monoisotopic (exact) mass is 322 g/mol. The minimum atomic E-state index is -2.85. The van der Waals surface area contributed by atoms with E-state index in [9.17, 15) is 13.9 Å². The summed E-state index contributed by atoms with van der Waals surface area (Å²) in [5, 5.41) is 10.3. The molecule has 0 aliphatic rings. The molecule has 0 radical (unpaired) electrons. The number of aliphatic hydroxyl groups excluding tert-OH is 1. The molecule has 0 saturated carbocycles. The van der Waals surface area contributed by atoms with Gasteiger partial charge in [0.1, 0.15) is 5.75 Å². The van der Waals surface area contributed by atoms with Crippen LogP contribution in [0.4, 0.5) is 8.78 Å². The molecule has 1 aromatic heterocycles. The average Bonchev–Trinajstić information content (AvgIpc) is 2.55. The maximum Gasteiger partial charge on any atom is 0.387 e. The molecule has 1 atom stereocenters. The predicted molar refractivity (Wildman–Crippen MR) is 83.2 cm³/mol. The van der Waals surface area contributed by atoms with Gasteiger partial charge < -0.3 is 9.84 Å². The van der Waals surface area contributed by atoms with Crippen molar-refractivity contribution < 1.29 is 18.6 Å². The lowest BCUT2D eigenvalue weighted by molar-refractivity contribution is -0.0498. The van der Waals surface area contributed by atoms with E-state index in [2.05, 4.69) is 14.6 Å². The van der Waals surface area contributed by atoms with Crippen molar-refractivity contribution >= 4 is 0 Å². The number of benzene rings is 1. The summed E-state index contributed by atoms with van der Waals surface area (Å²) >= 11 is 0. The summed E-state index contributed by atoms with van der Waals surface area (Å²) < 4.78 is 28.5. The number of halogens is 2. The van der Waals surface area contributed by atoms with E-state index in [1.54, 1.807) is 18.3 Å². The summed E-state index contributed by atoms with van der Waals surface area (Å²) in [5.74, 6) is 0.0804. The second kappa shape index (κ2) is 8.55. The summed E-state index contributed by atoms with van der Waals surface area (Å²) in [6, 6.07) is 11.8. The molecule has 124 valence electrons. The van der Waals surface area contributed by atoms with E-state index in [0.29, 0.717) is 18.7 Å². The fraction of sp³-hybridized carbons (Fsp3) is 0.353. The molecule has 1 heterocycles. The van der Waals surface area contributed by atoms with E-state index in [1.165, 1.54) is 12.1 Å². The molecule has 2 rings (SSSR count). The zero-order chi connectivity index (χ0) is 16.7. The molecule has 0 aliphatic carbocycles. The SMILES string of the molecule is CCN(Cc1ccccn1)CC(O)c1ccc(OC(F)F)cc1. The number of ether oxygens (including phenoxy) is 1. The summed E-state index contributed by atoms with van der Waals surface area (Å²) in [4.78, 5) is 6.34. The Bertz CT molecular complexity index is 579. The number of aliphatic hydroxyl groups is 1. The van der Waals surface area contributed by atoms with E-state index in [-0.39, 0.29) is 5.75 Å². The van der Waals surface area contributed by atoms with Crippen molar-refractivity contribution in [1.82, 2.24) is 9.88 Å². The van der Waals surface area contributed by atoms with Gasteiger partial charge in [-0.2, -0.15) is 8.78 Å². The number of hydrogen-bond acceptors (Lipinski definition) is 4. The van der Waals surface area contributed by atoms with Gasteiger partial charge in [-0.1, -0.05) is 25.1 Å². The quantitative estimate of drug-likeness (QED) is 0.810. The Morgan fingerprint density at radius 3 is 2.48 bits per heavy atom. The fourth-order valence-corrected chi connectivity index (χ4v) is 2.25. The number of hydrogen-bond donors (Lipinski definition) is 1. The first kappa shape index (κ1) is 17.3. The van der Waals surface area contributed by atoms with E-state index >= 15 is 0 Å². The van der Waals surface area contributed by atoms with E-state index in [1.807, 2.05) is 25.1 Å². The van der Waals surface area contributed by atoms with Gasteiger partial charge in [0.2, 0.25) is 0 Å². The van der Waals surface area contributed by atoms with Crippen molar-refractivity contribution in [1.29, 1.82) is 0 Å². The largest absolute Gasteiger partial charge is 0.435 e. The summed E-state index contributed by atoms with van der Waals surface area (Å²) in [5.41, 5.74) is 1.59. The van der Waals surface area contributed by atoms with Crippen LogP contribution in [0, 0.1) is 0 Å². The molecular weight excluding hydrogens is 302 g/mol. The van der Waals surface area contributed by atoms with Gasteiger partial charge in [-0.15, -0.1) is 0 Å². The maximum absolute atomic E-state index is 12.1. The summed E-state index contributed by atoms with van der Waals surface area (Å²) in [6.07, 6.45) is 1.03. The first-order valence-corrected chi connectivity index (χ1v) is 7.43. The molecule has 0 aliphatic heterocycles. The van der Waals surface area contributed by atoms with Gasteiger partial charge in [-0.25, -0.2) is 0 Å². The molecule has 0 spiro atoms. The molecule has 23 heavy (non-hydrogen) atoms. The molecule has 0 fully saturated rings.